The Balaban J connectivity index is 1.89. The minimum Gasteiger partial charge on any atom is -0.443 e. The van der Waals surface area contributed by atoms with E-state index in [1.807, 2.05) is 72.5 Å². The van der Waals surface area contributed by atoms with Crippen LogP contribution in [0.15, 0.2) is 78.9 Å². The van der Waals surface area contributed by atoms with Gasteiger partial charge in [0.05, 0.1) is 6.10 Å². The largest absolute Gasteiger partial charge is 0.443 e. The Kier molecular flexibility index (Phi) is 8.48. The predicted octanol–water partition coefficient (Wildman–Crippen LogP) is 6.80. The van der Waals surface area contributed by atoms with E-state index in [1.54, 1.807) is 39.0 Å². The van der Waals surface area contributed by atoms with Crippen molar-refractivity contribution in [3.8, 4) is 0 Å². The maximum absolute atomic E-state index is 14.2. The molecule has 3 aromatic carbocycles. The highest BCUT2D eigenvalue weighted by molar-refractivity contribution is 6.36. The average molecular weight is 556 g/mol. The first-order chi connectivity index (χ1) is 18.0. The zero-order valence-electron chi connectivity index (χ0n) is 21.8. The number of halogens is 2. The molecule has 6 nitrogen and oxygen atoms in total. The fourth-order valence-corrected chi connectivity index (χ4v) is 5.49. The van der Waals surface area contributed by atoms with Gasteiger partial charge in [-0.15, -0.1) is 0 Å². The van der Waals surface area contributed by atoms with E-state index >= 15 is 0 Å². The minimum atomic E-state index is -1.13. The van der Waals surface area contributed by atoms with Gasteiger partial charge in [0.1, 0.15) is 17.8 Å². The summed E-state index contributed by atoms with van der Waals surface area (Å²) in [5.41, 5.74) is 1.30. The summed E-state index contributed by atoms with van der Waals surface area (Å²) in [6, 6.07) is 22.6. The quantitative estimate of drug-likeness (QED) is 0.362. The van der Waals surface area contributed by atoms with Crippen molar-refractivity contribution in [1.29, 1.82) is 0 Å². The van der Waals surface area contributed by atoms with Crippen LogP contribution in [-0.2, 0) is 16.0 Å². The molecule has 1 N–H and O–H groups in total. The summed E-state index contributed by atoms with van der Waals surface area (Å²) in [5, 5.41) is 12.2. The average Bonchev–Trinajstić information content (AvgIpc) is 3.16. The van der Waals surface area contributed by atoms with E-state index in [4.69, 9.17) is 27.9 Å². The number of hydrogen-bond donors (Lipinski definition) is 1. The second-order valence-electron chi connectivity index (χ2n) is 10.4. The van der Waals surface area contributed by atoms with Gasteiger partial charge in [0, 0.05) is 28.1 Å². The Hall–Kier alpha value is -2.90. The summed E-state index contributed by atoms with van der Waals surface area (Å²) < 4.78 is 5.68. The van der Waals surface area contributed by atoms with Gasteiger partial charge in [0.2, 0.25) is 0 Å². The first-order valence-corrected chi connectivity index (χ1v) is 13.3. The van der Waals surface area contributed by atoms with E-state index < -0.39 is 42.0 Å². The van der Waals surface area contributed by atoms with Gasteiger partial charge >= 0.3 is 6.09 Å². The Morgan fingerprint density at radius 1 is 0.947 bits per heavy atom. The van der Waals surface area contributed by atoms with Crippen molar-refractivity contribution in [3.05, 3.63) is 106 Å². The number of carbonyl (C=O) groups excluding carboxylic acids is 2. The highest BCUT2D eigenvalue weighted by Crippen LogP contribution is 2.46. The van der Waals surface area contributed by atoms with Crippen LogP contribution in [0.4, 0.5) is 4.79 Å². The number of rotatable bonds is 6. The van der Waals surface area contributed by atoms with E-state index in [-0.39, 0.29) is 6.42 Å². The SMILES string of the molecule is C[C@H](c1ccccc1)N1[C@@H]([C@H](O)Cc2ccccc2)C(=O)N(C(=O)OC(C)(C)C)[C@@H]1c1c(Cl)cccc1Cl. The molecule has 2 amide bonds. The molecule has 1 saturated heterocycles. The van der Waals surface area contributed by atoms with Gasteiger partial charge in [0.25, 0.3) is 5.91 Å². The van der Waals surface area contributed by atoms with E-state index in [2.05, 4.69) is 0 Å². The van der Waals surface area contributed by atoms with Gasteiger partial charge in [-0.1, -0.05) is 89.9 Å². The van der Waals surface area contributed by atoms with Crippen LogP contribution in [0.1, 0.15) is 56.6 Å². The number of carbonyl (C=O) groups is 2. The Bertz CT molecular complexity index is 1260. The molecule has 4 rings (SSSR count). The van der Waals surface area contributed by atoms with Crippen LogP contribution in [0.25, 0.3) is 0 Å². The van der Waals surface area contributed by atoms with Crippen molar-refractivity contribution in [2.75, 3.05) is 0 Å². The monoisotopic (exact) mass is 554 g/mol. The van der Waals surface area contributed by atoms with Gasteiger partial charge in [-0.2, -0.15) is 0 Å². The number of imide groups is 1. The summed E-state index contributed by atoms with van der Waals surface area (Å²) in [5.74, 6) is -0.577. The molecule has 0 saturated carbocycles. The molecule has 0 aromatic heterocycles. The lowest BCUT2D eigenvalue weighted by Gasteiger charge is -2.37. The molecule has 0 aliphatic carbocycles. The van der Waals surface area contributed by atoms with E-state index in [0.29, 0.717) is 15.6 Å². The van der Waals surface area contributed by atoms with Crippen molar-refractivity contribution < 1.29 is 19.4 Å². The fourth-order valence-electron chi connectivity index (χ4n) is 4.90. The van der Waals surface area contributed by atoms with Gasteiger partial charge < -0.3 is 9.84 Å². The molecule has 200 valence electrons. The lowest BCUT2D eigenvalue weighted by Crippen LogP contribution is -2.46. The Morgan fingerprint density at radius 2 is 1.50 bits per heavy atom. The van der Waals surface area contributed by atoms with Gasteiger partial charge in [0.15, 0.2) is 0 Å². The zero-order valence-corrected chi connectivity index (χ0v) is 23.4. The van der Waals surface area contributed by atoms with Crippen LogP contribution in [0, 0.1) is 0 Å². The Morgan fingerprint density at radius 3 is 2.05 bits per heavy atom. The van der Waals surface area contributed by atoms with Crippen molar-refractivity contribution in [2.45, 2.75) is 64.1 Å². The Labute approximate surface area is 233 Å². The molecule has 3 aromatic rings. The summed E-state index contributed by atoms with van der Waals surface area (Å²) in [7, 11) is 0. The lowest BCUT2D eigenvalue weighted by atomic mass is 9.97. The lowest BCUT2D eigenvalue weighted by molar-refractivity contribution is -0.131. The smallest absolute Gasteiger partial charge is 0.418 e. The molecule has 0 radical (unpaired) electrons. The molecule has 0 unspecified atom stereocenters. The van der Waals surface area contributed by atoms with Crippen molar-refractivity contribution in [3.63, 3.8) is 0 Å². The highest BCUT2D eigenvalue weighted by Gasteiger charge is 2.55. The predicted molar refractivity (Wildman–Crippen MR) is 149 cm³/mol. The van der Waals surface area contributed by atoms with Crippen molar-refractivity contribution in [2.24, 2.45) is 0 Å². The molecular weight excluding hydrogens is 523 g/mol. The van der Waals surface area contributed by atoms with E-state index in [0.717, 1.165) is 16.0 Å². The first kappa shape index (κ1) is 28.1. The number of hydrogen-bond acceptors (Lipinski definition) is 5. The third-order valence-electron chi connectivity index (χ3n) is 6.57. The van der Waals surface area contributed by atoms with Crippen molar-refractivity contribution >= 4 is 35.2 Å². The number of nitrogens with zero attached hydrogens (tertiary/aromatic N) is 2. The second-order valence-corrected chi connectivity index (χ2v) is 11.2. The molecule has 0 bridgehead atoms. The van der Waals surface area contributed by atoms with Gasteiger partial charge in [-0.3, -0.25) is 9.69 Å². The van der Waals surface area contributed by atoms with E-state index in [1.165, 1.54) is 0 Å². The molecule has 1 heterocycles. The highest BCUT2D eigenvalue weighted by atomic mass is 35.5. The van der Waals surface area contributed by atoms with Gasteiger partial charge in [-0.25, -0.2) is 9.69 Å². The van der Waals surface area contributed by atoms with Crippen molar-refractivity contribution in [1.82, 2.24) is 9.80 Å². The summed E-state index contributed by atoms with van der Waals surface area (Å²) in [6.45, 7) is 7.13. The zero-order chi connectivity index (χ0) is 27.6. The number of ether oxygens (including phenoxy) is 1. The summed E-state index contributed by atoms with van der Waals surface area (Å²) >= 11 is 13.3. The standard InChI is InChI=1S/C30H32Cl2N2O4/c1-19(21-14-9-6-10-15-21)33-26(24(35)18-20-12-7-5-8-13-20)28(36)34(29(37)38-30(2,3)4)27(33)25-22(31)16-11-17-23(25)32/h5-17,19,24,26-27,35H,18H2,1-4H3/t19-,24-,26+,27-/m1/s1. The molecule has 4 atom stereocenters. The molecule has 8 heteroatoms. The number of aliphatic hydroxyl groups is 1. The topological polar surface area (TPSA) is 70.1 Å². The molecular formula is C30H32Cl2N2O4. The number of aliphatic hydroxyl groups excluding tert-OH is 1. The third-order valence-corrected chi connectivity index (χ3v) is 7.23. The minimum absolute atomic E-state index is 0.209. The maximum Gasteiger partial charge on any atom is 0.418 e. The number of benzene rings is 3. The number of amides is 2. The van der Waals surface area contributed by atoms with Crippen LogP contribution >= 0.6 is 23.2 Å². The van der Waals surface area contributed by atoms with Crippen LogP contribution in [0.3, 0.4) is 0 Å². The third kappa shape index (κ3) is 5.89. The molecule has 38 heavy (non-hydrogen) atoms. The maximum atomic E-state index is 14.2. The van der Waals surface area contributed by atoms with Crippen LogP contribution < -0.4 is 0 Å². The molecule has 0 spiro atoms. The van der Waals surface area contributed by atoms with Crippen LogP contribution in [0.5, 0.6) is 0 Å². The van der Waals surface area contributed by atoms with Gasteiger partial charge in [-0.05, 0) is 51.0 Å². The summed E-state index contributed by atoms with van der Waals surface area (Å²) in [4.78, 5) is 30.6. The van der Waals surface area contributed by atoms with E-state index in [9.17, 15) is 14.7 Å². The fraction of sp³-hybridized carbons (Fsp3) is 0.333. The molecule has 1 aliphatic heterocycles. The molecule has 1 fully saturated rings. The van der Waals surface area contributed by atoms with Crippen LogP contribution in [0.2, 0.25) is 10.0 Å². The molecule has 1 aliphatic rings. The first-order valence-electron chi connectivity index (χ1n) is 12.5. The second kappa shape index (κ2) is 11.5. The summed E-state index contributed by atoms with van der Waals surface area (Å²) in [6.07, 6.45) is -2.76. The van der Waals surface area contributed by atoms with Crippen LogP contribution in [-0.4, -0.2) is 44.7 Å². The normalized spacial score (nSPS) is 19.9.